The number of nitrogens with zero attached hydrogens (tertiary/aromatic N) is 2. The maximum absolute atomic E-state index is 13.8. The first kappa shape index (κ1) is 19.8. The van der Waals surface area contributed by atoms with Crippen LogP contribution in [0.4, 0.5) is 4.39 Å². The number of carbonyl (C=O) groups is 2. The van der Waals surface area contributed by atoms with Gasteiger partial charge in [-0.15, -0.1) is 5.10 Å². The van der Waals surface area contributed by atoms with E-state index in [1.807, 2.05) is 0 Å². The Morgan fingerprint density at radius 1 is 1.25 bits per heavy atom. The highest BCUT2D eigenvalue weighted by molar-refractivity contribution is 7.99. The van der Waals surface area contributed by atoms with E-state index in [-0.39, 0.29) is 18.1 Å². The minimum Gasteiger partial charge on any atom is -0.462 e. The van der Waals surface area contributed by atoms with Crippen LogP contribution < -0.4 is 0 Å². The molecule has 7 nitrogen and oxygen atoms in total. The van der Waals surface area contributed by atoms with Crippen LogP contribution in [0.1, 0.15) is 39.0 Å². The molecule has 0 aliphatic rings. The molecule has 3 aromatic rings. The minimum atomic E-state index is -0.455. The summed E-state index contributed by atoms with van der Waals surface area (Å²) < 4.78 is 18.9. The highest BCUT2D eigenvalue weighted by Gasteiger charge is 2.23. The van der Waals surface area contributed by atoms with Crippen LogP contribution in [-0.4, -0.2) is 44.3 Å². The molecule has 0 unspecified atom stereocenters. The Morgan fingerprint density at radius 3 is 2.71 bits per heavy atom. The molecule has 0 saturated carbocycles. The maximum Gasteiger partial charge on any atom is 0.340 e. The molecule has 28 heavy (non-hydrogen) atoms. The Kier molecular flexibility index (Phi) is 5.93. The molecule has 3 rings (SSSR count). The lowest BCUT2D eigenvalue weighted by molar-refractivity contribution is 0.0525. The Bertz CT molecular complexity index is 1030. The Morgan fingerprint density at radius 2 is 2.00 bits per heavy atom. The molecule has 0 bridgehead atoms. The SMILES string of the molecule is CCOC(=O)c1c(C)[nH]c(C(=O)CSc2n[nH]c(-c3ccccc3F)n2)c1C. The quantitative estimate of drug-likeness (QED) is 0.355. The number of ether oxygens (including phenoxy) is 1. The van der Waals surface area contributed by atoms with Gasteiger partial charge in [-0.2, -0.15) is 0 Å². The van der Waals surface area contributed by atoms with Gasteiger partial charge >= 0.3 is 5.97 Å². The number of aromatic amines is 2. The third-order valence-corrected chi connectivity index (χ3v) is 4.97. The van der Waals surface area contributed by atoms with Crippen molar-refractivity contribution >= 4 is 23.5 Å². The zero-order chi connectivity index (χ0) is 20.3. The van der Waals surface area contributed by atoms with Crippen molar-refractivity contribution in [2.75, 3.05) is 12.4 Å². The van der Waals surface area contributed by atoms with Gasteiger partial charge in [0.2, 0.25) is 5.16 Å². The zero-order valence-electron chi connectivity index (χ0n) is 15.6. The number of thioether (sulfide) groups is 1. The van der Waals surface area contributed by atoms with E-state index in [2.05, 4.69) is 20.2 Å². The van der Waals surface area contributed by atoms with Crippen molar-refractivity contribution in [1.82, 2.24) is 20.2 Å². The molecule has 0 aliphatic heterocycles. The Hall–Kier alpha value is -2.94. The Balaban J connectivity index is 1.71. The predicted octanol–water partition coefficient (Wildman–Crippen LogP) is 3.71. The number of hydrogen-bond donors (Lipinski definition) is 2. The second-order valence-electron chi connectivity index (χ2n) is 6.00. The fraction of sp³-hybridized carbons (Fsp3) is 0.263. The number of rotatable bonds is 7. The number of benzene rings is 1. The van der Waals surface area contributed by atoms with Gasteiger partial charge in [-0.1, -0.05) is 23.9 Å². The monoisotopic (exact) mass is 402 g/mol. The van der Waals surface area contributed by atoms with Crippen LogP contribution in [-0.2, 0) is 4.74 Å². The number of halogens is 1. The normalized spacial score (nSPS) is 10.9. The van der Waals surface area contributed by atoms with Crippen LogP contribution >= 0.6 is 11.8 Å². The number of hydrogen-bond acceptors (Lipinski definition) is 6. The summed E-state index contributed by atoms with van der Waals surface area (Å²) in [5.74, 6) is -0.695. The van der Waals surface area contributed by atoms with Crippen molar-refractivity contribution in [3.8, 4) is 11.4 Å². The van der Waals surface area contributed by atoms with Crippen LogP contribution in [0.15, 0.2) is 29.4 Å². The lowest BCUT2D eigenvalue weighted by Crippen LogP contribution is -2.08. The summed E-state index contributed by atoms with van der Waals surface area (Å²) in [5, 5.41) is 7.03. The number of aryl methyl sites for hydroxylation is 1. The second kappa shape index (κ2) is 8.39. The molecule has 2 heterocycles. The largest absolute Gasteiger partial charge is 0.462 e. The molecule has 1 aromatic carbocycles. The molecule has 146 valence electrons. The van der Waals surface area contributed by atoms with Crippen molar-refractivity contribution in [2.24, 2.45) is 0 Å². The minimum absolute atomic E-state index is 0.0671. The Labute approximate surface area is 165 Å². The van der Waals surface area contributed by atoms with Gasteiger partial charge in [-0.05, 0) is 38.5 Å². The maximum atomic E-state index is 13.8. The molecule has 0 spiro atoms. The van der Waals surface area contributed by atoms with Crippen LogP contribution in [0.25, 0.3) is 11.4 Å². The topological polar surface area (TPSA) is 101 Å². The van der Waals surface area contributed by atoms with E-state index in [0.29, 0.717) is 39.1 Å². The third-order valence-electron chi connectivity index (χ3n) is 4.12. The van der Waals surface area contributed by atoms with Gasteiger partial charge in [0, 0.05) is 5.69 Å². The molecule has 2 aromatic heterocycles. The van der Waals surface area contributed by atoms with E-state index >= 15 is 0 Å². The number of esters is 1. The van der Waals surface area contributed by atoms with Gasteiger partial charge in [0.15, 0.2) is 11.6 Å². The van der Waals surface area contributed by atoms with E-state index in [4.69, 9.17) is 4.74 Å². The van der Waals surface area contributed by atoms with E-state index < -0.39 is 11.8 Å². The number of Topliss-reactive ketones (excluding diaryl/α,β-unsaturated/α-hetero) is 1. The van der Waals surface area contributed by atoms with Crippen molar-refractivity contribution in [1.29, 1.82) is 0 Å². The molecule has 2 N–H and O–H groups in total. The van der Waals surface area contributed by atoms with Crippen LogP contribution in [0.2, 0.25) is 0 Å². The van der Waals surface area contributed by atoms with Gasteiger partial charge in [-0.25, -0.2) is 14.2 Å². The molecule has 9 heteroatoms. The third kappa shape index (κ3) is 3.99. The number of nitrogens with one attached hydrogen (secondary N) is 2. The highest BCUT2D eigenvalue weighted by Crippen LogP contribution is 2.24. The first-order valence-corrected chi connectivity index (χ1v) is 9.60. The molecular formula is C19H19FN4O3S. The summed E-state index contributed by atoms with van der Waals surface area (Å²) >= 11 is 1.13. The number of H-pyrrole nitrogens is 2. The average molecular weight is 402 g/mol. The van der Waals surface area contributed by atoms with Crippen LogP contribution in [0.3, 0.4) is 0 Å². The van der Waals surface area contributed by atoms with E-state index in [1.165, 1.54) is 6.07 Å². The molecule has 0 amide bonds. The van der Waals surface area contributed by atoms with Crippen molar-refractivity contribution in [3.63, 3.8) is 0 Å². The van der Waals surface area contributed by atoms with E-state index in [0.717, 1.165) is 11.8 Å². The molecule has 0 fully saturated rings. The second-order valence-corrected chi connectivity index (χ2v) is 6.95. The first-order chi connectivity index (χ1) is 13.4. The zero-order valence-corrected chi connectivity index (χ0v) is 16.4. The number of ketones is 1. The fourth-order valence-corrected chi connectivity index (χ4v) is 3.50. The smallest absolute Gasteiger partial charge is 0.340 e. The molecule has 0 atom stereocenters. The standard InChI is InChI=1S/C19H19FN4O3S/c1-4-27-18(26)15-10(2)16(21-11(15)3)14(25)9-28-19-22-17(23-24-19)12-7-5-6-8-13(12)20/h5-8,21H,4,9H2,1-3H3,(H,22,23,24). The van der Waals surface area contributed by atoms with Gasteiger partial charge < -0.3 is 9.72 Å². The predicted molar refractivity (Wildman–Crippen MR) is 103 cm³/mol. The highest BCUT2D eigenvalue weighted by atomic mass is 32.2. The lowest BCUT2D eigenvalue weighted by atomic mass is 10.1. The lowest BCUT2D eigenvalue weighted by Gasteiger charge is -2.02. The van der Waals surface area contributed by atoms with E-state index in [9.17, 15) is 14.0 Å². The number of aromatic nitrogens is 4. The van der Waals surface area contributed by atoms with Crippen LogP contribution in [0.5, 0.6) is 0 Å². The van der Waals surface area contributed by atoms with Gasteiger partial charge in [0.1, 0.15) is 5.82 Å². The van der Waals surface area contributed by atoms with Gasteiger partial charge in [-0.3, -0.25) is 9.89 Å². The summed E-state index contributed by atoms with van der Waals surface area (Å²) in [5.41, 5.74) is 2.20. The fourth-order valence-electron chi connectivity index (χ4n) is 2.83. The molecule has 0 radical (unpaired) electrons. The first-order valence-electron chi connectivity index (χ1n) is 8.62. The van der Waals surface area contributed by atoms with Crippen molar-refractivity contribution in [3.05, 3.63) is 52.6 Å². The summed E-state index contributed by atoms with van der Waals surface area (Å²) in [6.07, 6.45) is 0. The summed E-state index contributed by atoms with van der Waals surface area (Å²) in [6.45, 7) is 5.41. The summed E-state index contributed by atoms with van der Waals surface area (Å²) in [6, 6.07) is 6.23. The van der Waals surface area contributed by atoms with Gasteiger partial charge in [0.05, 0.1) is 29.2 Å². The van der Waals surface area contributed by atoms with Crippen molar-refractivity contribution in [2.45, 2.75) is 25.9 Å². The molecule has 0 aliphatic carbocycles. The van der Waals surface area contributed by atoms with Crippen molar-refractivity contribution < 1.29 is 18.7 Å². The average Bonchev–Trinajstić information content (AvgIpc) is 3.24. The molecule has 0 saturated heterocycles. The molecular weight excluding hydrogens is 383 g/mol. The van der Waals surface area contributed by atoms with E-state index in [1.54, 1.807) is 39.0 Å². The van der Waals surface area contributed by atoms with Gasteiger partial charge in [0.25, 0.3) is 0 Å². The van der Waals surface area contributed by atoms with Crippen LogP contribution in [0, 0.1) is 19.7 Å². The summed E-state index contributed by atoms with van der Waals surface area (Å²) in [4.78, 5) is 31.8. The number of carbonyl (C=O) groups excluding carboxylic acids is 2. The summed E-state index contributed by atoms with van der Waals surface area (Å²) in [7, 11) is 0.